The third-order valence-electron chi connectivity index (χ3n) is 3.96. The Balaban J connectivity index is 1.63. The van der Waals surface area contributed by atoms with Crippen molar-refractivity contribution in [2.24, 2.45) is 0 Å². The molecule has 6 nitrogen and oxygen atoms in total. The fourth-order valence-corrected chi connectivity index (χ4v) is 4.00. The van der Waals surface area contributed by atoms with Gasteiger partial charge in [-0.15, -0.1) is 21.5 Å². The van der Waals surface area contributed by atoms with E-state index in [9.17, 15) is 4.79 Å². The first-order valence-electron chi connectivity index (χ1n) is 8.44. The topological polar surface area (TPSA) is 77.0 Å². The van der Waals surface area contributed by atoms with E-state index in [1.165, 1.54) is 22.7 Å². The Labute approximate surface area is 160 Å². The second kappa shape index (κ2) is 8.86. The van der Waals surface area contributed by atoms with Crippen molar-refractivity contribution in [1.29, 1.82) is 0 Å². The van der Waals surface area contributed by atoms with Gasteiger partial charge in [0.25, 0.3) is 5.91 Å². The number of aromatic nitrogens is 3. The zero-order valence-electron chi connectivity index (χ0n) is 14.6. The first-order chi connectivity index (χ1) is 12.7. The Morgan fingerprint density at radius 2 is 2.12 bits per heavy atom. The number of carbonyl (C=O) groups is 1. The van der Waals surface area contributed by atoms with E-state index in [0.717, 1.165) is 23.5 Å². The Morgan fingerprint density at radius 1 is 1.27 bits per heavy atom. The summed E-state index contributed by atoms with van der Waals surface area (Å²) in [6.45, 7) is 4.64. The minimum atomic E-state index is -0.226. The number of carbonyl (C=O) groups excluding carboxylic acids is 1. The monoisotopic (exact) mass is 388 g/mol. The molecule has 0 radical (unpaired) electrons. The highest BCUT2D eigenvalue weighted by atomic mass is 32.1. The molecular formula is C18H20N4O2S2. The molecule has 2 aromatic heterocycles. The predicted molar refractivity (Wildman–Crippen MR) is 104 cm³/mol. The van der Waals surface area contributed by atoms with Gasteiger partial charge in [-0.05, 0) is 31.0 Å². The van der Waals surface area contributed by atoms with Gasteiger partial charge in [-0.3, -0.25) is 10.1 Å². The molecule has 1 amide bonds. The first-order valence-corrected chi connectivity index (χ1v) is 10.2. The third-order valence-corrected chi connectivity index (χ3v) is 5.60. The Bertz CT molecular complexity index is 845. The predicted octanol–water partition coefficient (Wildman–Crippen LogP) is 4.73. The van der Waals surface area contributed by atoms with Crippen LogP contribution in [0, 0.1) is 0 Å². The van der Waals surface area contributed by atoms with Crippen LogP contribution in [0.3, 0.4) is 0 Å². The summed E-state index contributed by atoms with van der Waals surface area (Å²) >= 11 is 2.96. The molecule has 2 heterocycles. The van der Waals surface area contributed by atoms with Gasteiger partial charge in [-0.2, -0.15) is 0 Å². The minimum Gasteiger partial charge on any atom is -0.487 e. The van der Waals surface area contributed by atoms with Crippen LogP contribution >= 0.6 is 22.7 Å². The fourth-order valence-electron chi connectivity index (χ4n) is 2.45. The molecule has 3 aromatic rings. The van der Waals surface area contributed by atoms with Crippen LogP contribution in [0.15, 0.2) is 35.2 Å². The molecule has 0 unspecified atom stereocenters. The van der Waals surface area contributed by atoms with E-state index < -0.39 is 0 Å². The Morgan fingerprint density at radius 3 is 2.85 bits per heavy atom. The van der Waals surface area contributed by atoms with Gasteiger partial charge in [-0.1, -0.05) is 31.3 Å². The third kappa shape index (κ3) is 4.64. The molecule has 0 fully saturated rings. The number of rotatable bonds is 8. The van der Waals surface area contributed by atoms with E-state index in [2.05, 4.69) is 34.3 Å². The van der Waals surface area contributed by atoms with Gasteiger partial charge >= 0.3 is 0 Å². The molecular weight excluding hydrogens is 368 g/mol. The summed E-state index contributed by atoms with van der Waals surface area (Å²) in [5.74, 6) is 0.789. The number of amides is 1. The number of hydrogen-bond donors (Lipinski definition) is 1. The van der Waals surface area contributed by atoms with Gasteiger partial charge in [0, 0.05) is 16.9 Å². The van der Waals surface area contributed by atoms with Crippen LogP contribution in [0.2, 0.25) is 0 Å². The molecule has 26 heavy (non-hydrogen) atoms. The highest BCUT2D eigenvalue weighted by Crippen LogP contribution is 2.28. The van der Waals surface area contributed by atoms with E-state index in [1.54, 1.807) is 23.7 Å². The van der Waals surface area contributed by atoms with Gasteiger partial charge in [-0.25, -0.2) is 4.98 Å². The standard InChI is InChI=1S/C18H20N4O2S2/c1-3-12(4-2)17-21-22-18(26-17)20-16(23)13-6-5-7-15(8-13)24-9-14-10-25-11-19-14/h5-8,10-12H,3-4,9H2,1-2H3,(H,20,22,23). The largest absolute Gasteiger partial charge is 0.487 e. The van der Waals surface area contributed by atoms with Crippen LogP contribution in [0.4, 0.5) is 5.13 Å². The lowest BCUT2D eigenvalue weighted by Crippen LogP contribution is -2.11. The lowest BCUT2D eigenvalue weighted by atomic mass is 10.1. The summed E-state index contributed by atoms with van der Waals surface area (Å²) in [6.07, 6.45) is 2.02. The summed E-state index contributed by atoms with van der Waals surface area (Å²) < 4.78 is 5.69. The summed E-state index contributed by atoms with van der Waals surface area (Å²) in [5.41, 5.74) is 3.15. The molecule has 0 atom stereocenters. The molecule has 136 valence electrons. The van der Waals surface area contributed by atoms with Crippen LogP contribution < -0.4 is 10.1 Å². The molecule has 0 saturated carbocycles. The molecule has 1 aromatic carbocycles. The van der Waals surface area contributed by atoms with E-state index in [0.29, 0.717) is 29.0 Å². The highest BCUT2D eigenvalue weighted by Gasteiger charge is 2.15. The maximum absolute atomic E-state index is 12.5. The molecule has 0 saturated heterocycles. The van der Waals surface area contributed by atoms with Crippen LogP contribution in [-0.2, 0) is 6.61 Å². The zero-order chi connectivity index (χ0) is 18.4. The molecule has 1 N–H and O–H groups in total. The van der Waals surface area contributed by atoms with E-state index >= 15 is 0 Å². The number of nitrogens with one attached hydrogen (secondary N) is 1. The first kappa shape index (κ1) is 18.5. The number of hydrogen-bond acceptors (Lipinski definition) is 7. The van der Waals surface area contributed by atoms with Gasteiger partial charge in [0.05, 0.1) is 11.2 Å². The average molecular weight is 389 g/mol. The van der Waals surface area contributed by atoms with Gasteiger partial charge < -0.3 is 4.74 Å². The van der Waals surface area contributed by atoms with Crippen molar-refractivity contribution < 1.29 is 9.53 Å². The lowest BCUT2D eigenvalue weighted by molar-refractivity contribution is 0.102. The molecule has 0 aliphatic carbocycles. The van der Waals surface area contributed by atoms with Crippen molar-refractivity contribution in [3.8, 4) is 5.75 Å². The normalized spacial score (nSPS) is 10.9. The minimum absolute atomic E-state index is 0.226. The van der Waals surface area contributed by atoms with Crippen LogP contribution in [0.5, 0.6) is 5.75 Å². The van der Waals surface area contributed by atoms with Gasteiger partial charge in [0.15, 0.2) is 0 Å². The average Bonchev–Trinajstić information content (AvgIpc) is 3.34. The summed E-state index contributed by atoms with van der Waals surface area (Å²) in [7, 11) is 0. The van der Waals surface area contributed by atoms with E-state index in [4.69, 9.17) is 4.74 Å². The quantitative estimate of drug-likeness (QED) is 0.604. The van der Waals surface area contributed by atoms with Gasteiger partial charge in [0.2, 0.25) is 5.13 Å². The Hall–Kier alpha value is -2.32. The molecule has 0 bridgehead atoms. The van der Waals surface area contributed by atoms with E-state index in [-0.39, 0.29) is 5.91 Å². The summed E-state index contributed by atoms with van der Waals surface area (Å²) in [6, 6.07) is 7.07. The van der Waals surface area contributed by atoms with E-state index in [1.807, 2.05) is 11.4 Å². The number of benzene rings is 1. The van der Waals surface area contributed by atoms with Crippen molar-refractivity contribution in [3.63, 3.8) is 0 Å². The number of thiazole rings is 1. The number of nitrogens with zero attached hydrogens (tertiary/aromatic N) is 3. The van der Waals surface area contributed by atoms with Crippen molar-refractivity contribution in [3.05, 3.63) is 51.4 Å². The maximum atomic E-state index is 12.5. The van der Waals surface area contributed by atoms with Crippen molar-refractivity contribution >= 4 is 33.7 Å². The number of anilines is 1. The molecule has 0 aliphatic heterocycles. The van der Waals surface area contributed by atoms with Crippen molar-refractivity contribution in [1.82, 2.24) is 15.2 Å². The highest BCUT2D eigenvalue weighted by molar-refractivity contribution is 7.15. The van der Waals surface area contributed by atoms with Crippen LogP contribution in [0.1, 0.15) is 53.7 Å². The van der Waals surface area contributed by atoms with Crippen LogP contribution in [-0.4, -0.2) is 21.1 Å². The maximum Gasteiger partial charge on any atom is 0.257 e. The van der Waals surface area contributed by atoms with Crippen molar-refractivity contribution in [2.75, 3.05) is 5.32 Å². The fraction of sp³-hybridized carbons (Fsp3) is 0.333. The smallest absolute Gasteiger partial charge is 0.257 e. The second-order valence-electron chi connectivity index (χ2n) is 5.71. The molecule has 8 heteroatoms. The van der Waals surface area contributed by atoms with Crippen LogP contribution in [0.25, 0.3) is 0 Å². The summed E-state index contributed by atoms with van der Waals surface area (Å²) in [5, 5.41) is 14.5. The summed E-state index contributed by atoms with van der Waals surface area (Å²) in [4.78, 5) is 16.7. The second-order valence-corrected chi connectivity index (χ2v) is 7.44. The molecule has 0 spiro atoms. The van der Waals surface area contributed by atoms with Crippen molar-refractivity contribution in [2.45, 2.75) is 39.2 Å². The van der Waals surface area contributed by atoms with Gasteiger partial charge in [0.1, 0.15) is 17.4 Å². The number of ether oxygens (including phenoxy) is 1. The SMILES string of the molecule is CCC(CC)c1nnc(NC(=O)c2cccc(OCc3cscn3)c2)s1. The molecule has 0 aliphatic rings. The molecule has 3 rings (SSSR count). The zero-order valence-corrected chi connectivity index (χ0v) is 16.3. The lowest BCUT2D eigenvalue weighted by Gasteiger charge is -2.07. The Kier molecular flexibility index (Phi) is 6.30.